The fourth-order valence-electron chi connectivity index (χ4n) is 1.06. The zero-order valence-corrected chi connectivity index (χ0v) is 7.99. The molecular weight excluding hydrogens is 219 g/mol. The molecule has 0 aromatic carbocycles. The highest BCUT2D eigenvalue weighted by atomic mass is 35.5. The summed E-state index contributed by atoms with van der Waals surface area (Å²) in [6.07, 6.45) is -1.93. The zero-order valence-electron chi connectivity index (χ0n) is 7.23. The molecule has 0 aliphatic rings. The molecule has 0 aliphatic heterocycles. The number of alkyl halides is 3. The van der Waals surface area contributed by atoms with Crippen LogP contribution >= 0.6 is 11.6 Å². The molecule has 0 saturated carbocycles. The first-order valence-corrected chi connectivity index (χ1v) is 4.20. The molecule has 14 heavy (non-hydrogen) atoms. The predicted octanol–water partition coefficient (Wildman–Crippen LogP) is 2.91. The van der Waals surface area contributed by atoms with Gasteiger partial charge in [-0.1, -0.05) is 0 Å². The van der Waals surface area contributed by atoms with Gasteiger partial charge < -0.3 is 4.74 Å². The SMILES string of the molecule is COc1cnc(F)c(C(F)F)c1CCl. The minimum absolute atomic E-state index is 0.0586. The fraction of sp³-hybridized carbons (Fsp3) is 0.375. The van der Waals surface area contributed by atoms with Crippen molar-refractivity contribution < 1.29 is 17.9 Å². The number of pyridine rings is 1. The molecule has 1 aromatic rings. The van der Waals surface area contributed by atoms with E-state index in [0.29, 0.717) is 0 Å². The number of ether oxygens (including phenoxy) is 1. The van der Waals surface area contributed by atoms with Crippen LogP contribution in [-0.4, -0.2) is 12.1 Å². The molecule has 1 rings (SSSR count). The van der Waals surface area contributed by atoms with Crippen LogP contribution in [0.5, 0.6) is 5.75 Å². The lowest BCUT2D eigenvalue weighted by molar-refractivity contribution is 0.143. The van der Waals surface area contributed by atoms with Crippen LogP contribution in [0.25, 0.3) is 0 Å². The van der Waals surface area contributed by atoms with Gasteiger partial charge in [-0.15, -0.1) is 11.6 Å². The van der Waals surface area contributed by atoms with E-state index in [-0.39, 0.29) is 17.2 Å². The first-order chi connectivity index (χ1) is 6.61. The lowest BCUT2D eigenvalue weighted by Crippen LogP contribution is -2.03. The topological polar surface area (TPSA) is 22.1 Å². The van der Waals surface area contributed by atoms with Crippen LogP contribution in [0.2, 0.25) is 0 Å². The Morgan fingerprint density at radius 2 is 2.21 bits per heavy atom. The molecule has 0 unspecified atom stereocenters. The molecule has 0 bridgehead atoms. The van der Waals surface area contributed by atoms with E-state index in [4.69, 9.17) is 16.3 Å². The van der Waals surface area contributed by atoms with Crippen LogP contribution in [0.4, 0.5) is 13.2 Å². The molecule has 0 fully saturated rings. The number of aromatic nitrogens is 1. The van der Waals surface area contributed by atoms with E-state index in [1.54, 1.807) is 0 Å². The molecule has 0 radical (unpaired) electrons. The van der Waals surface area contributed by atoms with Crippen molar-refractivity contribution in [3.8, 4) is 5.75 Å². The van der Waals surface area contributed by atoms with E-state index in [9.17, 15) is 13.2 Å². The summed E-state index contributed by atoms with van der Waals surface area (Å²) in [6, 6.07) is 0. The summed E-state index contributed by atoms with van der Waals surface area (Å²) in [6.45, 7) is 0. The fourth-order valence-corrected chi connectivity index (χ4v) is 1.33. The Hall–Kier alpha value is -0.970. The van der Waals surface area contributed by atoms with Gasteiger partial charge in [0.25, 0.3) is 6.43 Å². The Morgan fingerprint density at radius 1 is 1.57 bits per heavy atom. The largest absolute Gasteiger partial charge is 0.495 e. The quantitative estimate of drug-likeness (QED) is 0.583. The van der Waals surface area contributed by atoms with Gasteiger partial charge in [0.1, 0.15) is 5.75 Å². The lowest BCUT2D eigenvalue weighted by atomic mass is 10.1. The molecule has 0 spiro atoms. The molecule has 0 amide bonds. The summed E-state index contributed by atoms with van der Waals surface area (Å²) in [5, 5.41) is 0. The van der Waals surface area contributed by atoms with Gasteiger partial charge in [-0.2, -0.15) is 4.39 Å². The first-order valence-electron chi connectivity index (χ1n) is 3.67. The highest BCUT2D eigenvalue weighted by Gasteiger charge is 2.22. The van der Waals surface area contributed by atoms with E-state index in [1.807, 2.05) is 0 Å². The number of nitrogens with zero attached hydrogens (tertiary/aromatic N) is 1. The van der Waals surface area contributed by atoms with Crippen LogP contribution in [0.1, 0.15) is 17.6 Å². The summed E-state index contributed by atoms with van der Waals surface area (Å²) >= 11 is 5.42. The van der Waals surface area contributed by atoms with Crippen LogP contribution in [0.15, 0.2) is 6.20 Å². The maximum atomic E-state index is 12.9. The Bertz CT molecular complexity index is 333. The molecule has 78 valence electrons. The molecule has 0 N–H and O–H groups in total. The van der Waals surface area contributed by atoms with Gasteiger partial charge in [0, 0.05) is 5.56 Å². The van der Waals surface area contributed by atoms with Crippen molar-refractivity contribution in [1.82, 2.24) is 4.98 Å². The van der Waals surface area contributed by atoms with Crippen molar-refractivity contribution in [3.05, 3.63) is 23.3 Å². The van der Waals surface area contributed by atoms with Gasteiger partial charge in [-0.25, -0.2) is 13.8 Å². The molecule has 0 atom stereocenters. The van der Waals surface area contributed by atoms with Crippen LogP contribution < -0.4 is 4.74 Å². The Balaban J connectivity index is 3.35. The average molecular weight is 226 g/mol. The standard InChI is InChI=1S/C8H7ClF3NO/c1-14-5-3-13-8(12)6(7(10)11)4(5)2-9/h3,7H,2H2,1H3. The summed E-state index contributed by atoms with van der Waals surface area (Å²) in [4.78, 5) is 3.15. The number of hydrogen-bond donors (Lipinski definition) is 0. The molecule has 0 aliphatic carbocycles. The third kappa shape index (κ3) is 1.92. The normalized spacial score (nSPS) is 10.7. The Labute approximate surface area is 83.7 Å². The molecule has 0 saturated heterocycles. The maximum absolute atomic E-state index is 12.9. The van der Waals surface area contributed by atoms with Crippen molar-refractivity contribution in [1.29, 1.82) is 0 Å². The highest BCUT2D eigenvalue weighted by molar-refractivity contribution is 6.17. The van der Waals surface area contributed by atoms with Crippen molar-refractivity contribution in [2.45, 2.75) is 12.3 Å². The minimum atomic E-state index is -2.95. The second kappa shape index (κ2) is 4.50. The smallest absolute Gasteiger partial charge is 0.268 e. The van der Waals surface area contributed by atoms with Gasteiger partial charge in [-0.05, 0) is 0 Å². The van der Waals surface area contributed by atoms with E-state index < -0.39 is 17.9 Å². The van der Waals surface area contributed by atoms with Crippen molar-refractivity contribution >= 4 is 11.6 Å². The van der Waals surface area contributed by atoms with Gasteiger partial charge in [0.2, 0.25) is 5.95 Å². The van der Waals surface area contributed by atoms with Crippen molar-refractivity contribution in [2.24, 2.45) is 0 Å². The van der Waals surface area contributed by atoms with Gasteiger partial charge in [-0.3, -0.25) is 0 Å². The molecule has 2 nitrogen and oxygen atoms in total. The third-order valence-electron chi connectivity index (χ3n) is 1.71. The van der Waals surface area contributed by atoms with Gasteiger partial charge >= 0.3 is 0 Å². The highest BCUT2D eigenvalue weighted by Crippen LogP contribution is 2.31. The number of halogens is 4. The number of methoxy groups -OCH3 is 1. The molecule has 6 heteroatoms. The summed E-state index contributed by atoms with van der Waals surface area (Å²) in [5.41, 5.74) is -0.851. The van der Waals surface area contributed by atoms with E-state index in [2.05, 4.69) is 4.98 Å². The second-order valence-electron chi connectivity index (χ2n) is 2.44. The summed E-state index contributed by atoms with van der Waals surface area (Å²) in [7, 11) is 1.28. The van der Waals surface area contributed by atoms with Gasteiger partial charge in [0.05, 0.1) is 24.8 Å². The van der Waals surface area contributed by atoms with Crippen LogP contribution in [-0.2, 0) is 5.88 Å². The summed E-state index contributed by atoms with van der Waals surface area (Å²) in [5.74, 6) is -1.39. The number of hydrogen-bond acceptors (Lipinski definition) is 2. The molecule has 1 heterocycles. The van der Waals surface area contributed by atoms with Crippen molar-refractivity contribution in [3.63, 3.8) is 0 Å². The van der Waals surface area contributed by atoms with E-state index in [1.165, 1.54) is 7.11 Å². The van der Waals surface area contributed by atoms with E-state index in [0.717, 1.165) is 6.20 Å². The lowest BCUT2D eigenvalue weighted by Gasteiger charge is -2.10. The zero-order chi connectivity index (χ0) is 10.7. The predicted molar refractivity (Wildman–Crippen MR) is 45.3 cm³/mol. The Kier molecular flexibility index (Phi) is 3.57. The molecule has 1 aromatic heterocycles. The average Bonchev–Trinajstić information content (AvgIpc) is 2.16. The van der Waals surface area contributed by atoms with Crippen LogP contribution in [0, 0.1) is 5.95 Å². The molecular formula is C8H7ClF3NO. The second-order valence-corrected chi connectivity index (χ2v) is 2.71. The van der Waals surface area contributed by atoms with E-state index >= 15 is 0 Å². The first kappa shape index (κ1) is 11.1. The minimum Gasteiger partial charge on any atom is -0.495 e. The maximum Gasteiger partial charge on any atom is 0.268 e. The monoisotopic (exact) mass is 225 g/mol. The van der Waals surface area contributed by atoms with Crippen molar-refractivity contribution in [2.75, 3.05) is 7.11 Å². The van der Waals surface area contributed by atoms with Crippen LogP contribution in [0.3, 0.4) is 0 Å². The third-order valence-corrected chi connectivity index (χ3v) is 1.98. The van der Waals surface area contributed by atoms with Gasteiger partial charge in [0.15, 0.2) is 0 Å². The Morgan fingerprint density at radius 3 is 2.64 bits per heavy atom. The number of rotatable bonds is 3. The summed E-state index contributed by atoms with van der Waals surface area (Å²) < 4.78 is 42.4.